The van der Waals surface area contributed by atoms with Crippen LogP contribution in [0.15, 0.2) is 76.8 Å². The van der Waals surface area contributed by atoms with E-state index in [4.69, 9.17) is 4.74 Å². The van der Waals surface area contributed by atoms with Crippen molar-refractivity contribution in [3.05, 3.63) is 83.0 Å². The van der Waals surface area contributed by atoms with E-state index in [1.807, 2.05) is 11.4 Å². The molecule has 3 heterocycles. The molecule has 0 saturated heterocycles. The molecule has 2 N–H and O–H groups in total. The van der Waals surface area contributed by atoms with Crippen LogP contribution in [-0.4, -0.2) is 67.8 Å². The molecule has 0 bridgehead atoms. The third kappa shape index (κ3) is 11.0. The Morgan fingerprint density at radius 1 is 1.05 bits per heavy atom. The van der Waals surface area contributed by atoms with Gasteiger partial charge in [0.05, 0.1) is 22.9 Å². The number of allylic oxidation sites excluding steroid dienone is 2. The zero-order chi connectivity index (χ0) is 30.8. The molecule has 1 aliphatic rings. The molecule has 44 heavy (non-hydrogen) atoms. The number of aliphatic imine (C=N–C) groups is 1. The zero-order valence-corrected chi connectivity index (χ0v) is 28.0. The summed E-state index contributed by atoms with van der Waals surface area (Å²) < 4.78 is 65.7. The number of halogens is 2. The van der Waals surface area contributed by atoms with E-state index in [1.165, 1.54) is 11.3 Å². The van der Waals surface area contributed by atoms with Gasteiger partial charge in [0.1, 0.15) is 14.9 Å². The second-order valence-electron chi connectivity index (χ2n) is 9.06. The van der Waals surface area contributed by atoms with Gasteiger partial charge in [0.15, 0.2) is 6.61 Å². The van der Waals surface area contributed by atoms with Gasteiger partial charge in [0.25, 0.3) is 5.91 Å². The number of thiophene rings is 1. The molecule has 0 unspecified atom stereocenters. The number of nitrogens with one attached hydrogen (secondary N) is 2. The van der Waals surface area contributed by atoms with Crippen LogP contribution in [0.1, 0.15) is 24.1 Å². The number of aromatic nitrogens is 1. The molecule has 1 aliphatic heterocycles. The topological polar surface area (TPSA) is 142 Å². The molecule has 17 heteroatoms. The molecule has 226 valence electrons. The Labute approximate surface area is 283 Å². The maximum Gasteiger partial charge on any atom is 1.00 e. The average Bonchev–Trinajstić information content (AvgIpc) is 3.74. The van der Waals surface area contributed by atoms with Crippen LogP contribution < -0.4 is 44.9 Å². The second kappa shape index (κ2) is 17.1. The summed E-state index contributed by atoms with van der Waals surface area (Å²) in [5.41, 5.74) is 2.79. The van der Waals surface area contributed by atoms with E-state index >= 15 is 0 Å². The fourth-order valence-electron chi connectivity index (χ4n) is 4.00. The monoisotopic (exact) mass is 670 g/mol. The molecular weight excluding hydrogens is 644 g/mol. The van der Waals surface area contributed by atoms with Crippen LogP contribution in [0.25, 0.3) is 16.6 Å². The number of rotatable bonds is 15. The van der Waals surface area contributed by atoms with Gasteiger partial charge in [-0.25, -0.2) is 13.4 Å². The number of hydrogen-bond acceptors (Lipinski definition) is 9. The summed E-state index contributed by atoms with van der Waals surface area (Å²) in [4.78, 5) is 28.8. The first-order valence-electron chi connectivity index (χ1n) is 13.0. The van der Waals surface area contributed by atoms with E-state index in [9.17, 15) is 31.2 Å². The average molecular weight is 671 g/mol. The van der Waals surface area contributed by atoms with Crippen LogP contribution in [0.5, 0.6) is 5.75 Å². The summed E-state index contributed by atoms with van der Waals surface area (Å²) in [5, 5.41) is 7.04. The summed E-state index contributed by atoms with van der Waals surface area (Å²) >= 11 is 1.39. The fourth-order valence-corrected chi connectivity index (χ4v) is 5.85. The van der Waals surface area contributed by atoms with E-state index in [2.05, 4.69) is 15.6 Å². The molecule has 1 aromatic carbocycles. The minimum Gasteiger partial charge on any atom is -0.739 e. The van der Waals surface area contributed by atoms with Crippen molar-refractivity contribution in [2.75, 3.05) is 25.4 Å². The Bertz CT molecular complexity index is 1630. The van der Waals surface area contributed by atoms with Crippen molar-refractivity contribution < 1.29 is 65.5 Å². The summed E-state index contributed by atoms with van der Waals surface area (Å²) in [5.74, 6) is -0.850. The largest absolute Gasteiger partial charge is 1.00 e. The Morgan fingerprint density at radius 2 is 1.75 bits per heavy atom. The van der Waals surface area contributed by atoms with Gasteiger partial charge in [-0.1, -0.05) is 6.07 Å². The van der Waals surface area contributed by atoms with Crippen molar-refractivity contribution in [2.24, 2.45) is 4.99 Å². The third-order valence-electron chi connectivity index (χ3n) is 5.98. The van der Waals surface area contributed by atoms with Gasteiger partial charge in [-0.15, -0.1) is 11.3 Å². The van der Waals surface area contributed by atoms with E-state index in [0.717, 1.165) is 14.9 Å². The number of carbonyl (C=O) groups is 2. The first-order chi connectivity index (χ1) is 20.6. The van der Waals surface area contributed by atoms with Gasteiger partial charge < -0.3 is 24.4 Å². The molecule has 0 saturated carbocycles. The molecule has 2 aromatic heterocycles. The van der Waals surface area contributed by atoms with Crippen LogP contribution in [0.2, 0.25) is 0 Å². The number of carbonyl (C=O) groups excluding carboxylic acids is 2. The zero-order valence-electron chi connectivity index (χ0n) is 23.6. The fraction of sp³-hybridized carbons (Fsp3) is 0.222. The molecule has 10 nitrogen and oxygen atoms in total. The van der Waals surface area contributed by atoms with Gasteiger partial charge in [0, 0.05) is 29.2 Å². The van der Waals surface area contributed by atoms with E-state index < -0.39 is 28.2 Å². The Kier molecular flexibility index (Phi) is 13.9. The third-order valence-corrected chi connectivity index (χ3v) is 8.76. The molecule has 0 fully saturated rings. The SMILES string of the molecule is O=C(COc1ccc(C2=N/C(=C\c3ccc(-c4cccs4)n3B(F)F)C=C2)cc1)NCCCCNC(=O)CSS(=O)(=O)[O-].[Na+]. The van der Waals surface area contributed by atoms with Crippen molar-refractivity contribution in [2.45, 2.75) is 12.8 Å². The van der Waals surface area contributed by atoms with Crippen molar-refractivity contribution in [3.63, 3.8) is 0 Å². The van der Waals surface area contributed by atoms with Crippen LogP contribution in [0.3, 0.4) is 0 Å². The first kappa shape index (κ1) is 35.8. The number of benzene rings is 1. The van der Waals surface area contributed by atoms with Crippen LogP contribution >= 0.6 is 22.1 Å². The van der Waals surface area contributed by atoms with Crippen LogP contribution in [0.4, 0.5) is 8.63 Å². The van der Waals surface area contributed by atoms with Crippen molar-refractivity contribution in [1.82, 2.24) is 15.1 Å². The molecule has 0 radical (unpaired) electrons. The van der Waals surface area contributed by atoms with Crippen LogP contribution in [0, 0.1) is 0 Å². The second-order valence-corrected chi connectivity index (χ2v) is 13.3. The summed E-state index contributed by atoms with van der Waals surface area (Å²) in [6.07, 6.45) is 6.29. The van der Waals surface area contributed by atoms with E-state index in [0.29, 0.717) is 47.9 Å². The number of ether oxygens (including phenoxy) is 1. The number of nitrogens with zero attached hydrogens (tertiary/aromatic N) is 2. The molecule has 0 spiro atoms. The maximum absolute atomic E-state index is 13.9. The van der Waals surface area contributed by atoms with Gasteiger partial charge in [-0.2, -0.15) is 0 Å². The van der Waals surface area contributed by atoms with E-state index in [1.54, 1.807) is 60.7 Å². The number of amides is 2. The maximum atomic E-state index is 13.9. The quantitative estimate of drug-likeness (QED) is 0.106. The van der Waals surface area contributed by atoms with Crippen molar-refractivity contribution in [1.29, 1.82) is 0 Å². The Morgan fingerprint density at radius 3 is 2.39 bits per heavy atom. The predicted molar refractivity (Wildman–Crippen MR) is 164 cm³/mol. The minimum atomic E-state index is -4.50. The standard InChI is InChI=1S/C27H27BF2N4O6S3.Na/c29-28(30)34-21(8-12-24(34)25-4-3-15-41-25)16-20-7-11-23(33-20)19-5-9-22(10-6-19)40-17-26(35)31-13-1-2-14-32-27(36)18-42-43(37,38)39;/h3-12,15-16H,1-2,13-14,17-18H2,(H,31,35)(H,32,36)(H,37,38,39);/q;+1/p-1/b20-16-;. The number of unbranched alkanes of at least 4 members (excludes halogenated alkanes) is 1. The molecule has 3 aromatic rings. The minimum absolute atomic E-state index is 0. The van der Waals surface area contributed by atoms with Crippen LogP contribution in [-0.2, 0) is 18.7 Å². The predicted octanol–water partition coefficient (Wildman–Crippen LogP) is 0.977. The Balaban J connectivity index is 0.00000529. The normalized spacial score (nSPS) is 13.3. The van der Waals surface area contributed by atoms with Gasteiger partial charge in [-0.3, -0.25) is 18.2 Å². The van der Waals surface area contributed by atoms with Crippen molar-refractivity contribution >= 4 is 62.3 Å². The van der Waals surface area contributed by atoms with E-state index in [-0.39, 0.29) is 59.4 Å². The number of hydrogen-bond donors (Lipinski definition) is 2. The molecule has 2 amide bonds. The van der Waals surface area contributed by atoms with Gasteiger partial charge >= 0.3 is 37.0 Å². The van der Waals surface area contributed by atoms with Gasteiger partial charge in [0.2, 0.25) is 5.91 Å². The Hall–Kier alpha value is -2.73. The first-order valence-corrected chi connectivity index (χ1v) is 16.8. The van der Waals surface area contributed by atoms with Crippen molar-refractivity contribution in [3.8, 4) is 16.3 Å². The smallest absolute Gasteiger partial charge is 0.739 e. The summed E-state index contributed by atoms with van der Waals surface area (Å²) in [6, 6.07) is 13.9. The van der Waals surface area contributed by atoms with Gasteiger partial charge in [-0.05, 0) is 89.7 Å². The molecule has 0 aliphatic carbocycles. The molecule has 0 atom stereocenters. The summed E-state index contributed by atoms with van der Waals surface area (Å²) in [7, 11) is -7.18. The molecular formula is C27H26BF2N4NaO6S3. The molecule has 4 rings (SSSR count). The summed E-state index contributed by atoms with van der Waals surface area (Å²) in [6.45, 7) is 0.455.